The van der Waals surface area contributed by atoms with Crippen LogP contribution < -0.4 is 15.4 Å². The molecule has 1 atom stereocenters. The minimum absolute atomic E-state index is 0. The summed E-state index contributed by atoms with van der Waals surface area (Å²) in [6, 6.07) is 15.1. The molecule has 1 amide bonds. The molecule has 0 radical (unpaired) electrons. The van der Waals surface area contributed by atoms with Crippen molar-refractivity contribution in [1.82, 2.24) is 5.32 Å². The number of amides is 1. The van der Waals surface area contributed by atoms with Crippen LogP contribution in [0.3, 0.4) is 0 Å². The van der Waals surface area contributed by atoms with Gasteiger partial charge in [0, 0.05) is 23.8 Å². The number of sulfonamides is 1. The van der Waals surface area contributed by atoms with Crippen LogP contribution in [0.5, 0.6) is 0 Å². The first kappa shape index (κ1) is 20.2. The smallest absolute Gasteiger partial charge is 0.261 e. The average Bonchev–Trinajstić information content (AvgIpc) is 3.08. The number of rotatable bonds is 6. The molecule has 8 heteroatoms. The Kier molecular flexibility index (Phi) is 7.02. The van der Waals surface area contributed by atoms with Gasteiger partial charge in [-0.3, -0.25) is 9.52 Å². The van der Waals surface area contributed by atoms with E-state index >= 15 is 0 Å². The van der Waals surface area contributed by atoms with Crippen LogP contribution >= 0.6 is 12.4 Å². The normalized spacial score (nSPS) is 16.5. The Morgan fingerprint density at radius 3 is 2.50 bits per heavy atom. The summed E-state index contributed by atoms with van der Waals surface area (Å²) >= 11 is 0. The highest BCUT2D eigenvalue weighted by molar-refractivity contribution is 7.92. The van der Waals surface area contributed by atoms with Crippen molar-refractivity contribution in [2.45, 2.75) is 30.2 Å². The fraction of sp³-hybridized carbons (Fsp3) is 0.278. The van der Waals surface area contributed by atoms with Gasteiger partial charge in [-0.05, 0) is 49.7 Å². The summed E-state index contributed by atoms with van der Waals surface area (Å²) in [6.07, 6.45) is 2.46. The number of nitrogens with one attached hydrogen (secondary N) is 3. The van der Waals surface area contributed by atoms with Crippen LogP contribution in [0, 0.1) is 0 Å². The number of benzene rings is 2. The molecular weight excluding hydrogens is 374 g/mol. The Labute approximate surface area is 159 Å². The maximum atomic E-state index is 12.5. The van der Waals surface area contributed by atoms with Gasteiger partial charge in [-0.25, -0.2) is 8.42 Å². The Morgan fingerprint density at radius 2 is 1.81 bits per heavy atom. The zero-order valence-electron chi connectivity index (χ0n) is 14.1. The lowest BCUT2D eigenvalue weighted by Gasteiger charge is -2.12. The van der Waals surface area contributed by atoms with E-state index in [4.69, 9.17) is 0 Å². The molecule has 1 heterocycles. The van der Waals surface area contributed by atoms with E-state index in [1.54, 1.807) is 36.4 Å². The largest absolute Gasteiger partial charge is 0.326 e. The minimum atomic E-state index is -3.71. The van der Waals surface area contributed by atoms with Crippen molar-refractivity contribution in [3.05, 3.63) is 54.6 Å². The van der Waals surface area contributed by atoms with Crippen LogP contribution in [-0.2, 0) is 14.8 Å². The second kappa shape index (κ2) is 9.02. The number of carbonyl (C=O) groups excluding carboxylic acids is 1. The van der Waals surface area contributed by atoms with Gasteiger partial charge in [0.15, 0.2) is 0 Å². The lowest BCUT2D eigenvalue weighted by Crippen LogP contribution is -2.27. The second-order valence-electron chi connectivity index (χ2n) is 6.04. The molecule has 0 aliphatic carbocycles. The van der Waals surface area contributed by atoms with Gasteiger partial charge in [0.1, 0.15) is 0 Å². The lowest BCUT2D eigenvalue weighted by atomic mass is 10.1. The quantitative estimate of drug-likeness (QED) is 0.701. The molecule has 1 saturated heterocycles. The molecule has 0 bridgehead atoms. The molecule has 26 heavy (non-hydrogen) atoms. The van der Waals surface area contributed by atoms with Gasteiger partial charge >= 0.3 is 0 Å². The second-order valence-corrected chi connectivity index (χ2v) is 7.73. The maximum absolute atomic E-state index is 12.5. The van der Waals surface area contributed by atoms with Gasteiger partial charge in [-0.2, -0.15) is 0 Å². The first-order chi connectivity index (χ1) is 12.0. The Balaban J connectivity index is 0.00000243. The van der Waals surface area contributed by atoms with Crippen molar-refractivity contribution in [3.8, 4) is 0 Å². The van der Waals surface area contributed by atoms with Gasteiger partial charge in [-0.15, -0.1) is 12.4 Å². The van der Waals surface area contributed by atoms with E-state index in [-0.39, 0.29) is 29.3 Å². The van der Waals surface area contributed by atoms with E-state index in [2.05, 4.69) is 15.4 Å². The van der Waals surface area contributed by atoms with Crippen molar-refractivity contribution in [2.75, 3.05) is 16.6 Å². The van der Waals surface area contributed by atoms with Crippen molar-refractivity contribution in [2.24, 2.45) is 0 Å². The lowest BCUT2D eigenvalue weighted by molar-refractivity contribution is -0.116. The summed E-state index contributed by atoms with van der Waals surface area (Å²) in [5.41, 5.74) is 0.961. The molecule has 3 rings (SSSR count). The number of halogens is 1. The van der Waals surface area contributed by atoms with E-state index < -0.39 is 10.0 Å². The molecule has 3 N–H and O–H groups in total. The third-order valence-electron chi connectivity index (χ3n) is 4.05. The Hall–Kier alpha value is -2.09. The third kappa shape index (κ3) is 5.45. The SMILES string of the molecule is Cl.O=C(CC1CCCN1)Nc1cccc(S(=O)(=O)Nc2ccccc2)c1. The standard InChI is InChI=1S/C18H21N3O3S.ClH/c22-18(13-15-9-5-11-19-15)20-16-8-4-10-17(12-16)25(23,24)21-14-6-2-1-3-7-14;/h1-4,6-8,10,12,15,19,21H,5,9,11,13H2,(H,20,22);1H. The highest BCUT2D eigenvalue weighted by atomic mass is 35.5. The van der Waals surface area contributed by atoms with Gasteiger partial charge in [0.05, 0.1) is 4.90 Å². The summed E-state index contributed by atoms with van der Waals surface area (Å²) in [7, 11) is -3.71. The molecule has 1 aliphatic heterocycles. The number of anilines is 2. The first-order valence-corrected chi connectivity index (χ1v) is 9.72. The minimum Gasteiger partial charge on any atom is -0.326 e. The van der Waals surface area contributed by atoms with Crippen LogP contribution in [-0.4, -0.2) is 26.9 Å². The topological polar surface area (TPSA) is 87.3 Å². The van der Waals surface area contributed by atoms with E-state index in [0.29, 0.717) is 17.8 Å². The summed E-state index contributed by atoms with van der Waals surface area (Å²) in [5, 5.41) is 6.04. The summed E-state index contributed by atoms with van der Waals surface area (Å²) in [6.45, 7) is 0.941. The van der Waals surface area contributed by atoms with Gasteiger partial charge in [0.2, 0.25) is 5.91 Å². The van der Waals surface area contributed by atoms with E-state index in [0.717, 1.165) is 19.4 Å². The van der Waals surface area contributed by atoms with Crippen molar-refractivity contribution in [1.29, 1.82) is 0 Å². The third-order valence-corrected chi connectivity index (χ3v) is 5.43. The van der Waals surface area contributed by atoms with Crippen LogP contribution in [0.1, 0.15) is 19.3 Å². The fourth-order valence-electron chi connectivity index (χ4n) is 2.83. The summed E-state index contributed by atoms with van der Waals surface area (Å²) in [4.78, 5) is 12.2. The molecular formula is C18H22ClN3O3S. The van der Waals surface area contributed by atoms with Gasteiger partial charge < -0.3 is 10.6 Å². The molecule has 0 aromatic heterocycles. The molecule has 140 valence electrons. The number of carbonyl (C=O) groups is 1. The molecule has 1 unspecified atom stereocenters. The maximum Gasteiger partial charge on any atom is 0.261 e. The van der Waals surface area contributed by atoms with Crippen LogP contribution in [0.4, 0.5) is 11.4 Å². The zero-order valence-corrected chi connectivity index (χ0v) is 15.8. The molecule has 0 spiro atoms. The van der Waals surface area contributed by atoms with Crippen LogP contribution in [0.25, 0.3) is 0 Å². The Morgan fingerprint density at radius 1 is 1.08 bits per heavy atom. The van der Waals surface area contributed by atoms with E-state index in [9.17, 15) is 13.2 Å². The first-order valence-electron chi connectivity index (χ1n) is 8.24. The number of hydrogen-bond acceptors (Lipinski definition) is 4. The molecule has 1 aliphatic rings. The Bertz CT molecular complexity index is 838. The number of para-hydroxylation sites is 1. The molecule has 0 saturated carbocycles. The molecule has 2 aromatic carbocycles. The molecule has 1 fully saturated rings. The zero-order chi connectivity index (χ0) is 17.7. The van der Waals surface area contributed by atoms with E-state index in [1.807, 2.05) is 6.07 Å². The monoisotopic (exact) mass is 395 g/mol. The summed E-state index contributed by atoms with van der Waals surface area (Å²) in [5.74, 6) is -0.120. The van der Waals surface area contributed by atoms with Gasteiger partial charge in [0.25, 0.3) is 10.0 Å². The van der Waals surface area contributed by atoms with Crippen molar-refractivity contribution in [3.63, 3.8) is 0 Å². The van der Waals surface area contributed by atoms with Crippen molar-refractivity contribution < 1.29 is 13.2 Å². The predicted octanol–water partition coefficient (Wildman–Crippen LogP) is 2.99. The predicted molar refractivity (Wildman–Crippen MR) is 105 cm³/mol. The highest BCUT2D eigenvalue weighted by Gasteiger charge is 2.19. The fourth-order valence-corrected chi connectivity index (χ4v) is 3.93. The summed E-state index contributed by atoms with van der Waals surface area (Å²) < 4.78 is 27.5. The molecule has 2 aromatic rings. The molecule has 6 nitrogen and oxygen atoms in total. The van der Waals surface area contributed by atoms with Gasteiger partial charge in [-0.1, -0.05) is 24.3 Å². The van der Waals surface area contributed by atoms with Crippen LogP contribution in [0.2, 0.25) is 0 Å². The highest BCUT2D eigenvalue weighted by Crippen LogP contribution is 2.19. The average molecular weight is 396 g/mol. The van der Waals surface area contributed by atoms with Crippen LogP contribution in [0.15, 0.2) is 59.5 Å². The van der Waals surface area contributed by atoms with Crippen molar-refractivity contribution >= 4 is 39.7 Å². The van der Waals surface area contributed by atoms with E-state index in [1.165, 1.54) is 12.1 Å². The number of hydrogen-bond donors (Lipinski definition) is 3.